The lowest BCUT2D eigenvalue weighted by atomic mass is 9.83. The molecule has 0 unspecified atom stereocenters. The molecule has 0 atom stereocenters. The highest BCUT2D eigenvalue weighted by molar-refractivity contribution is 5.99. The van der Waals surface area contributed by atoms with Crippen LogP contribution in [0, 0.1) is 0 Å². The van der Waals surface area contributed by atoms with Gasteiger partial charge in [-0.1, -0.05) is 57.2 Å². The lowest BCUT2D eigenvalue weighted by molar-refractivity contribution is 0.112. The smallest absolute Gasteiger partial charge is 0.150 e. The zero-order valence-corrected chi connectivity index (χ0v) is 9.95. The Kier molecular flexibility index (Phi) is 2.55. The number of fused-ring (bicyclic) bond motifs is 1. The zero-order valence-electron chi connectivity index (χ0n) is 9.95. The van der Waals surface area contributed by atoms with Crippen LogP contribution in [0.1, 0.15) is 36.7 Å². The van der Waals surface area contributed by atoms with Gasteiger partial charge in [-0.05, 0) is 21.8 Å². The molecule has 0 radical (unpaired) electrons. The monoisotopic (exact) mass is 212 g/mol. The van der Waals surface area contributed by atoms with Crippen molar-refractivity contribution in [2.24, 2.45) is 0 Å². The van der Waals surface area contributed by atoms with Crippen LogP contribution in [0.5, 0.6) is 0 Å². The second-order valence-corrected chi connectivity index (χ2v) is 5.12. The molecule has 0 N–H and O–H groups in total. The SMILES string of the molecule is CC(C)(C)c1ccc(C=O)c2ccccc12. The van der Waals surface area contributed by atoms with Gasteiger partial charge in [-0.15, -0.1) is 0 Å². The maximum atomic E-state index is 11.0. The number of carbonyl (C=O) groups excluding carboxylic acids is 1. The Labute approximate surface area is 96.1 Å². The van der Waals surface area contributed by atoms with Gasteiger partial charge in [0, 0.05) is 5.56 Å². The Balaban J connectivity index is 2.85. The number of hydrogen-bond donors (Lipinski definition) is 0. The standard InChI is InChI=1S/C15H16O/c1-15(2,3)14-9-8-11(10-16)12-6-4-5-7-13(12)14/h4-10H,1-3H3. The molecular weight excluding hydrogens is 196 g/mol. The molecule has 2 rings (SSSR count). The van der Waals surface area contributed by atoms with Crippen molar-refractivity contribution in [3.8, 4) is 0 Å². The van der Waals surface area contributed by atoms with Crippen molar-refractivity contribution in [1.29, 1.82) is 0 Å². The van der Waals surface area contributed by atoms with Gasteiger partial charge in [-0.2, -0.15) is 0 Å². The summed E-state index contributed by atoms with van der Waals surface area (Å²) >= 11 is 0. The van der Waals surface area contributed by atoms with Crippen LogP contribution in [-0.2, 0) is 5.41 Å². The van der Waals surface area contributed by atoms with Crippen LogP contribution in [0.25, 0.3) is 10.8 Å². The molecule has 0 spiro atoms. The van der Waals surface area contributed by atoms with E-state index in [4.69, 9.17) is 0 Å². The molecule has 16 heavy (non-hydrogen) atoms. The van der Waals surface area contributed by atoms with Crippen molar-refractivity contribution in [2.45, 2.75) is 26.2 Å². The van der Waals surface area contributed by atoms with Gasteiger partial charge in [-0.3, -0.25) is 4.79 Å². The molecule has 0 heterocycles. The number of rotatable bonds is 1. The van der Waals surface area contributed by atoms with Gasteiger partial charge in [0.05, 0.1) is 0 Å². The molecule has 82 valence electrons. The Morgan fingerprint density at radius 1 is 0.938 bits per heavy atom. The predicted octanol–water partition coefficient (Wildman–Crippen LogP) is 3.95. The minimum Gasteiger partial charge on any atom is -0.298 e. The summed E-state index contributed by atoms with van der Waals surface area (Å²) in [6.07, 6.45) is 0.925. The Morgan fingerprint density at radius 2 is 1.56 bits per heavy atom. The van der Waals surface area contributed by atoms with Gasteiger partial charge in [0.15, 0.2) is 6.29 Å². The highest BCUT2D eigenvalue weighted by Crippen LogP contribution is 2.31. The third kappa shape index (κ3) is 1.73. The van der Waals surface area contributed by atoms with Crippen LogP contribution in [0.3, 0.4) is 0 Å². The molecule has 0 aliphatic rings. The first kappa shape index (κ1) is 10.9. The van der Waals surface area contributed by atoms with Crippen molar-refractivity contribution in [2.75, 3.05) is 0 Å². The van der Waals surface area contributed by atoms with E-state index in [1.807, 2.05) is 24.3 Å². The average molecular weight is 212 g/mol. The minimum atomic E-state index is 0.0982. The highest BCUT2D eigenvalue weighted by atomic mass is 16.1. The quantitative estimate of drug-likeness (QED) is 0.654. The van der Waals surface area contributed by atoms with Crippen molar-refractivity contribution in [3.63, 3.8) is 0 Å². The molecule has 0 amide bonds. The van der Waals surface area contributed by atoms with Crippen LogP contribution in [0.15, 0.2) is 36.4 Å². The van der Waals surface area contributed by atoms with Crippen molar-refractivity contribution in [3.05, 3.63) is 47.5 Å². The van der Waals surface area contributed by atoms with E-state index in [1.54, 1.807) is 0 Å². The third-order valence-electron chi connectivity index (χ3n) is 2.89. The van der Waals surface area contributed by atoms with Gasteiger partial charge in [0.1, 0.15) is 0 Å². The van der Waals surface area contributed by atoms with E-state index in [1.165, 1.54) is 10.9 Å². The van der Waals surface area contributed by atoms with Crippen molar-refractivity contribution < 1.29 is 4.79 Å². The fourth-order valence-electron chi connectivity index (χ4n) is 2.08. The van der Waals surface area contributed by atoms with Crippen LogP contribution in [-0.4, -0.2) is 6.29 Å². The molecular formula is C15H16O. The van der Waals surface area contributed by atoms with Gasteiger partial charge in [0.25, 0.3) is 0 Å². The zero-order chi connectivity index (χ0) is 11.8. The average Bonchev–Trinajstić information content (AvgIpc) is 2.26. The fourth-order valence-corrected chi connectivity index (χ4v) is 2.08. The first-order valence-corrected chi connectivity index (χ1v) is 5.51. The Morgan fingerprint density at radius 3 is 2.12 bits per heavy atom. The van der Waals surface area contributed by atoms with Crippen molar-refractivity contribution in [1.82, 2.24) is 0 Å². The van der Waals surface area contributed by atoms with E-state index in [-0.39, 0.29) is 5.41 Å². The summed E-state index contributed by atoms with van der Waals surface area (Å²) in [7, 11) is 0. The van der Waals surface area contributed by atoms with Gasteiger partial charge in [0.2, 0.25) is 0 Å². The first-order chi connectivity index (χ1) is 7.54. The molecule has 0 saturated heterocycles. The lowest BCUT2D eigenvalue weighted by Gasteiger charge is -2.21. The summed E-state index contributed by atoms with van der Waals surface area (Å²) in [6.45, 7) is 6.57. The molecule has 1 heteroatoms. The number of carbonyl (C=O) groups is 1. The second kappa shape index (κ2) is 3.75. The summed E-state index contributed by atoms with van der Waals surface area (Å²) in [5.41, 5.74) is 2.15. The summed E-state index contributed by atoms with van der Waals surface area (Å²) in [6, 6.07) is 12.1. The summed E-state index contributed by atoms with van der Waals surface area (Å²) < 4.78 is 0. The molecule has 1 nitrogen and oxygen atoms in total. The Bertz CT molecular complexity index is 533. The summed E-state index contributed by atoms with van der Waals surface area (Å²) in [5, 5.41) is 2.23. The first-order valence-electron chi connectivity index (χ1n) is 5.51. The predicted molar refractivity (Wildman–Crippen MR) is 68.0 cm³/mol. The van der Waals surface area contributed by atoms with E-state index in [2.05, 4.69) is 32.9 Å². The van der Waals surface area contributed by atoms with Gasteiger partial charge in [-0.25, -0.2) is 0 Å². The molecule has 0 aromatic heterocycles. The van der Waals surface area contributed by atoms with Crippen molar-refractivity contribution >= 4 is 17.1 Å². The number of benzene rings is 2. The lowest BCUT2D eigenvalue weighted by Crippen LogP contribution is -2.11. The van der Waals surface area contributed by atoms with E-state index < -0.39 is 0 Å². The highest BCUT2D eigenvalue weighted by Gasteiger charge is 2.17. The Hall–Kier alpha value is -1.63. The van der Waals surface area contributed by atoms with E-state index in [0.29, 0.717) is 0 Å². The number of hydrogen-bond acceptors (Lipinski definition) is 1. The van der Waals surface area contributed by atoms with Gasteiger partial charge < -0.3 is 0 Å². The molecule has 0 aliphatic carbocycles. The third-order valence-corrected chi connectivity index (χ3v) is 2.89. The molecule has 2 aromatic carbocycles. The normalized spacial score (nSPS) is 11.7. The molecule has 0 bridgehead atoms. The molecule has 0 saturated carbocycles. The number of aldehydes is 1. The maximum Gasteiger partial charge on any atom is 0.150 e. The maximum absolute atomic E-state index is 11.0. The largest absolute Gasteiger partial charge is 0.298 e. The second-order valence-electron chi connectivity index (χ2n) is 5.12. The topological polar surface area (TPSA) is 17.1 Å². The van der Waals surface area contributed by atoms with E-state index in [0.717, 1.165) is 17.2 Å². The van der Waals surface area contributed by atoms with Crippen LogP contribution in [0.2, 0.25) is 0 Å². The van der Waals surface area contributed by atoms with Crippen LogP contribution < -0.4 is 0 Å². The van der Waals surface area contributed by atoms with Gasteiger partial charge >= 0.3 is 0 Å². The minimum absolute atomic E-state index is 0.0982. The molecule has 2 aromatic rings. The van der Waals surface area contributed by atoms with Crippen LogP contribution in [0.4, 0.5) is 0 Å². The fraction of sp³-hybridized carbons (Fsp3) is 0.267. The molecule has 0 aliphatic heterocycles. The van der Waals surface area contributed by atoms with E-state index >= 15 is 0 Å². The van der Waals surface area contributed by atoms with Crippen LogP contribution >= 0.6 is 0 Å². The summed E-state index contributed by atoms with van der Waals surface area (Å²) in [4.78, 5) is 11.0. The molecule has 0 fully saturated rings. The van der Waals surface area contributed by atoms with E-state index in [9.17, 15) is 4.79 Å². The summed E-state index contributed by atoms with van der Waals surface area (Å²) in [5.74, 6) is 0.